The van der Waals surface area contributed by atoms with Gasteiger partial charge in [-0.2, -0.15) is 0 Å². The highest BCUT2D eigenvalue weighted by atomic mass is 16.6. The molecule has 0 aromatic heterocycles. The van der Waals surface area contributed by atoms with E-state index >= 15 is 0 Å². The molecule has 5 rings (SSSR count). The van der Waals surface area contributed by atoms with Crippen LogP contribution in [-0.2, 0) is 25.7 Å². The zero-order valence-corrected chi connectivity index (χ0v) is 15.2. The van der Waals surface area contributed by atoms with Gasteiger partial charge >= 0.3 is 12.1 Å². The van der Waals surface area contributed by atoms with Crippen LogP contribution in [0.1, 0.15) is 18.4 Å². The largest absolute Gasteiger partial charge is 0.453 e. The molecular formula is C22H21NO5. The first-order chi connectivity index (χ1) is 13.6. The van der Waals surface area contributed by atoms with E-state index in [2.05, 4.69) is 17.5 Å². The van der Waals surface area contributed by atoms with Gasteiger partial charge in [0.2, 0.25) is 0 Å². The van der Waals surface area contributed by atoms with Crippen LogP contribution in [0.2, 0.25) is 0 Å². The topological polar surface area (TPSA) is 81.7 Å². The fraction of sp³-hybridized carbons (Fsp3) is 0.409. The number of rotatable bonds is 3. The van der Waals surface area contributed by atoms with Crippen LogP contribution in [0.5, 0.6) is 0 Å². The number of ether oxygens (including phenoxy) is 2. The Bertz CT molecular complexity index is 891. The van der Waals surface area contributed by atoms with Crippen molar-refractivity contribution >= 4 is 17.8 Å². The van der Waals surface area contributed by atoms with Gasteiger partial charge in [0, 0.05) is 18.3 Å². The lowest BCUT2D eigenvalue weighted by Crippen LogP contribution is -2.48. The molecule has 1 aliphatic heterocycles. The van der Waals surface area contributed by atoms with Gasteiger partial charge in [0.05, 0.1) is 0 Å². The molecule has 1 saturated heterocycles. The molecular weight excluding hydrogens is 358 g/mol. The Labute approximate surface area is 162 Å². The smallest absolute Gasteiger partial charge is 0.408 e. The van der Waals surface area contributed by atoms with E-state index < -0.39 is 23.7 Å². The van der Waals surface area contributed by atoms with Gasteiger partial charge in [-0.1, -0.05) is 42.5 Å². The van der Waals surface area contributed by atoms with E-state index in [1.54, 1.807) is 12.2 Å². The number of nitrogens with one attached hydrogen (secondary N) is 1. The van der Waals surface area contributed by atoms with Crippen molar-refractivity contribution in [2.75, 3.05) is 0 Å². The molecule has 3 aliphatic carbocycles. The highest BCUT2D eigenvalue weighted by Crippen LogP contribution is 2.57. The fourth-order valence-corrected chi connectivity index (χ4v) is 5.35. The number of carbonyl (C=O) groups is 3. The van der Waals surface area contributed by atoms with E-state index in [0.29, 0.717) is 6.42 Å². The van der Waals surface area contributed by atoms with Gasteiger partial charge in [-0.05, 0) is 36.0 Å². The van der Waals surface area contributed by atoms with Crippen LogP contribution in [0, 0.1) is 23.7 Å². The van der Waals surface area contributed by atoms with Crippen molar-refractivity contribution in [3.8, 4) is 0 Å². The van der Waals surface area contributed by atoms with Crippen molar-refractivity contribution in [1.82, 2.24) is 5.32 Å². The quantitative estimate of drug-likeness (QED) is 0.645. The molecule has 2 fully saturated rings. The molecule has 2 bridgehead atoms. The molecule has 0 unspecified atom stereocenters. The fourth-order valence-electron chi connectivity index (χ4n) is 5.35. The Morgan fingerprint density at radius 3 is 2.79 bits per heavy atom. The van der Waals surface area contributed by atoms with Crippen molar-refractivity contribution in [2.45, 2.75) is 31.1 Å². The second-order valence-corrected chi connectivity index (χ2v) is 8.07. The number of esters is 1. The molecule has 1 heterocycles. The summed E-state index contributed by atoms with van der Waals surface area (Å²) in [5.74, 6) is -0.0672. The molecule has 0 radical (unpaired) electrons. The van der Waals surface area contributed by atoms with E-state index in [4.69, 9.17) is 9.47 Å². The van der Waals surface area contributed by atoms with Crippen LogP contribution >= 0.6 is 0 Å². The van der Waals surface area contributed by atoms with Gasteiger partial charge in [0.15, 0.2) is 5.78 Å². The Kier molecular flexibility index (Phi) is 3.89. The molecule has 144 valence electrons. The van der Waals surface area contributed by atoms with Crippen LogP contribution in [-0.4, -0.2) is 29.5 Å². The van der Waals surface area contributed by atoms with Gasteiger partial charge < -0.3 is 14.8 Å². The van der Waals surface area contributed by atoms with Gasteiger partial charge in [-0.25, -0.2) is 9.59 Å². The van der Waals surface area contributed by atoms with Crippen LogP contribution < -0.4 is 5.32 Å². The Morgan fingerprint density at radius 1 is 1.18 bits per heavy atom. The van der Waals surface area contributed by atoms with Crippen LogP contribution in [0.25, 0.3) is 0 Å². The highest BCUT2D eigenvalue weighted by molar-refractivity contribution is 5.95. The van der Waals surface area contributed by atoms with E-state index in [1.807, 2.05) is 30.3 Å². The predicted molar refractivity (Wildman–Crippen MR) is 98.9 cm³/mol. The number of hydrogen-bond acceptors (Lipinski definition) is 5. The van der Waals surface area contributed by atoms with Crippen molar-refractivity contribution < 1.29 is 23.9 Å². The van der Waals surface area contributed by atoms with Gasteiger partial charge in [-0.3, -0.25) is 4.79 Å². The first kappa shape index (κ1) is 17.2. The number of ketones is 1. The van der Waals surface area contributed by atoms with Gasteiger partial charge in [0.1, 0.15) is 18.2 Å². The summed E-state index contributed by atoms with van der Waals surface area (Å²) in [5.41, 5.74) is 0.0467. The number of fused-ring (bicyclic) bond motifs is 6. The van der Waals surface area contributed by atoms with Crippen molar-refractivity contribution in [2.24, 2.45) is 23.7 Å². The Balaban J connectivity index is 1.28. The average molecular weight is 379 g/mol. The number of benzene rings is 1. The summed E-state index contributed by atoms with van der Waals surface area (Å²) >= 11 is 0. The number of hydrogen-bond donors (Lipinski definition) is 1. The zero-order chi connectivity index (χ0) is 19.3. The Morgan fingerprint density at radius 2 is 1.96 bits per heavy atom. The summed E-state index contributed by atoms with van der Waals surface area (Å²) < 4.78 is 11.0. The molecule has 1 aromatic rings. The van der Waals surface area contributed by atoms with Crippen LogP contribution in [0.3, 0.4) is 0 Å². The van der Waals surface area contributed by atoms with Gasteiger partial charge in [-0.15, -0.1) is 0 Å². The monoisotopic (exact) mass is 379 g/mol. The lowest BCUT2D eigenvalue weighted by molar-refractivity contribution is -0.154. The molecule has 6 nitrogen and oxygen atoms in total. The number of allylic oxidation sites excluding steroid dienone is 3. The summed E-state index contributed by atoms with van der Waals surface area (Å²) in [7, 11) is 0. The second kappa shape index (κ2) is 6.33. The Hall–Kier alpha value is -2.89. The van der Waals surface area contributed by atoms with E-state index in [-0.39, 0.29) is 36.1 Å². The maximum atomic E-state index is 12.5. The molecule has 6 heteroatoms. The molecule has 1 amide bonds. The highest BCUT2D eigenvalue weighted by Gasteiger charge is 2.62. The first-order valence-electron chi connectivity index (χ1n) is 9.67. The van der Waals surface area contributed by atoms with E-state index in [9.17, 15) is 14.4 Å². The molecule has 4 aliphatic rings. The third kappa shape index (κ3) is 2.66. The van der Waals surface area contributed by atoms with Crippen LogP contribution in [0.4, 0.5) is 4.79 Å². The minimum Gasteiger partial charge on any atom is -0.453 e. The lowest BCUT2D eigenvalue weighted by Gasteiger charge is -2.41. The lowest BCUT2D eigenvalue weighted by atomic mass is 9.66. The number of alkyl carbamates (subject to hydrolysis) is 1. The van der Waals surface area contributed by atoms with Crippen molar-refractivity contribution in [3.05, 3.63) is 60.2 Å². The summed E-state index contributed by atoms with van der Waals surface area (Å²) in [6, 6.07) is 8.57. The first-order valence-corrected chi connectivity index (χ1v) is 9.67. The SMILES string of the molecule is O=C(N[C@H]1C[C@@]2(C=CC(=O)[C@@H]3[C@H]2[C@@H]2C=C[C@H]3C2)OC1=O)OCc1ccccc1. The van der Waals surface area contributed by atoms with Crippen molar-refractivity contribution in [3.63, 3.8) is 0 Å². The molecule has 1 N–H and O–H groups in total. The molecule has 28 heavy (non-hydrogen) atoms. The number of carbonyl (C=O) groups excluding carboxylic acids is 3. The predicted octanol–water partition coefficient (Wildman–Crippen LogP) is 2.54. The molecule has 1 aromatic carbocycles. The minimum absolute atomic E-state index is 0.0453. The summed E-state index contributed by atoms with van der Waals surface area (Å²) in [6.45, 7) is 0.132. The summed E-state index contributed by atoms with van der Waals surface area (Å²) in [4.78, 5) is 37.1. The number of amides is 1. The maximum Gasteiger partial charge on any atom is 0.408 e. The molecule has 1 spiro atoms. The normalized spacial score (nSPS) is 37.2. The third-order valence-corrected chi connectivity index (χ3v) is 6.48. The van der Waals surface area contributed by atoms with Crippen molar-refractivity contribution in [1.29, 1.82) is 0 Å². The third-order valence-electron chi connectivity index (χ3n) is 6.48. The van der Waals surface area contributed by atoms with Gasteiger partial charge in [0.25, 0.3) is 0 Å². The second-order valence-electron chi connectivity index (χ2n) is 8.07. The maximum absolute atomic E-state index is 12.5. The zero-order valence-electron chi connectivity index (χ0n) is 15.2. The van der Waals surface area contributed by atoms with E-state index in [1.165, 1.54) is 0 Å². The van der Waals surface area contributed by atoms with Crippen LogP contribution in [0.15, 0.2) is 54.6 Å². The minimum atomic E-state index is -0.822. The average Bonchev–Trinajstić information content (AvgIpc) is 3.39. The standard InChI is InChI=1S/C22H21NO5/c24-17-8-9-22(19-15-7-6-14(10-15)18(17)19)11-16(20(25)28-22)23-21(26)27-12-13-4-2-1-3-5-13/h1-9,14-16,18-19H,10-12H2,(H,23,26)/t14-,15+,16-,18+,19+,22+/m0/s1. The summed E-state index contributed by atoms with van der Waals surface area (Å²) in [5, 5.41) is 2.63. The summed E-state index contributed by atoms with van der Waals surface area (Å²) in [6.07, 6.45) is 8.16. The molecule has 6 atom stereocenters. The van der Waals surface area contributed by atoms with E-state index in [0.717, 1.165) is 12.0 Å². The molecule has 1 saturated carbocycles.